The summed E-state index contributed by atoms with van der Waals surface area (Å²) in [5.74, 6) is 0. The molecule has 1 atom stereocenters. The van der Waals surface area contributed by atoms with Crippen molar-refractivity contribution < 1.29 is 1.43 Å². The summed E-state index contributed by atoms with van der Waals surface area (Å²) in [5, 5.41) is 0. The summed E-state index contributed by atoms with van der Waals surface area (Å²) in [6.07, 6.45) is 0. The van der Waals surface area contributed by atoms with Crippen molar-refractivity contribution in [2.24, 2.45) is 0 Å². The molecule has 1 heteroatoms. The van der Waals surface area contributed by atoms with Crippen molar-refractivity contribution in [2.75, 3.05) is 0 Å². The van der Waals surface area contributed by atoms with E-state index in [1.54, 1.807) is 0 Å². The lowest BCUT2D eigenvalue weighted by Crippen LogP contribution is -1.89. The van der Waals surface area contributed by atoms with Crippen LogP contribution >= 0.6 is 0 Å². The van der Waals surface area contributed by atoms with Gasteiger partial charge in [0.05, 0.1) is 0 Å². The first-order valence-electron chi connectivity index (χ1n) is 3.35. The second-order valence-electron chi connectivity index (χ2n) is 2.57. The smallest absolute Gasteiger partial charge is 0.0712 e. The van der Waals surface area contributed by atoms with Crippen LogP contribution in [0.2, 0.25) is 0 Å². The fraction of sp³-hybridized carbons (Fsp3) is 0.250. The summed E-state index contributed by atoms with van der Waals surface area (Å²) in [4.78, 5) is 0. The molecule has 0 nitrogen and oxygen atoms in total. The summed E-state index contributed by atoms with van der Waals surface area (Å²) in [6.45, 7) is 2.27. The van der Waals surface area contributed by atoms with Crippen LogP contribution in [0.15, 0.2) is 30.3 Å². The minimum Gasteiger partial charge on any atom is -0.0712 e. The first kappa shape index (κ1) is 6.87. The van der Waals surface area contributed by atoms with E-state index in [2.05, 4.69) is 37.3 Å². The van der Waals surface area contributed by atoms with E-state index in [0.717, 1.165) is 4.78 Å². The Kier molecular flexibility index (Phi) is 2.33. The van der Waals surface area contributed by atoms with Gasteiger partial charge in [0.15, 0.2) is 0 Å². The zero-order valence-electron chi connectivity index (χ0n) is 5.96. The van der Waals surface area contributed by atoms with Gasteiger partial charge in [-0.1, -0.05) is 47.6 Å². The quantitative estimate of drug-likeness (QED) is 0.515. The Balaban J connectivity index is 0.000000810. The van der Waals surface area contributed by atoms with E-state index in [0.29, 0.717) is 0 Å². The van der Waals surface area contributed by atoms with Crippen LogP contribution < -0.4 is 0 Å². The van der Waals surface area contributed by atoms with E-state index in [-0.39, 0.29) is 1.43 Å². The molecule has 0 amide bonds. The topological polar surface area (TPSA) is 0 Å². The van der Waals surface area contributed by atoms with Crippen LogP contribution in [-0.4, -0.2) is 16.3 Å². The summed E-state index contributed by atoms with van der Waals surface area (Å²) < 4.78 is 0.797. The SMILES string of the molecule is C[CH]([AlH2])c1ccccc1.[HH]. The van der Waals surface area contributed by atoms with E-state index in [1.807, 2.05) is 0 Å². The average Bonchev–Trinajstić information content (AvgIpc) is 1.90. The highest BCUT2D eigenvalue weighted by Gasteiger charge is 1.93. The van der Waals surface area contributed by atoms with Crippen LogP contribution in [-0.2, 0) is 0 Å². The standard InChI is InChI=1S/C8H9.Al.H2.2H/c1-2-8-6-4-3-5-7-8;;;;/h2-7H,1H3;;1H;;. The maximum Gasteiger partial charge on any atom is 0.222 e. The van der Waals surface area contributed by atoms with Crippen LogP contribution in [0, 0.1) is 0 Å². The fourth-order valence-corrected chi connectivity index (χ4v) is 1.22. The van der Waals surface area contributed by atoms with Crippen molar-refractivity contribution in [3.8, 4) is 0 Å². The van der Waals surface area contributed by atoms with E-state index < -0.39 is 0 Å². The van der Waals surface area contributed by atoms with Crippen molar-refractivity contribution in [1.29, 1.82) is 0 Å². The van der Waals surface area contributed by atoms with Crippen LogP contribution in [0.4, 0.5) is 0 Å². The lowest BCUT2D eigenvalue weighted by Gasteiger charge is -2.01. The van der Waals surface area contributed by atoms with Crippen molar-refractivity contribution in [1.82, 2.24) is 0 Å². The molecule has 0 aliphatic carbocycles. The van der Waals surface area contributed by atoms with Gasteiger partial charge in [0.1, 0.15) is 0 Å². The van der Waals surface area contributed by atoms with Gasteiger partial charge in [-0.15, -0.1) is 0 Å². The van der Waals surface area contributed by atoms with Crippen LogP contribution in [0.1, 0.15) is 18.7 Å². The van der Waals surface area contributed by atoms with E-state index >= 15 is 0 Å². The minimum absolute atomic E-state index is 0. The van der Waals surface area contributed by atoms with Crippen LogP contribution in [0.5, 0.6) is 0 Å². The Morgan fingerprint density at radius 1 is 1.33 bits per heavy atom. The molecule has 0 aliphatic rings. The molecule has 48 valence electrons. The maximum absolute atomic E-state index is 2.27. The molecule has 0 saturated heterocycles. The molecule has 0 saturated carbocycles. The largest absolute Gasteiger partial charge is 0.222 e. The van der Waals surface area contributed by atoms with Gasteiger partial charge in [-0.25, -0.2) is 0 Å². The molecule has 0 bridgehead atoms. The third-order valence-electron chi connectivity index (χ3n) is 1.47. The normalized spacial score (nSPS) is 13.0. The van der Waals surface area contributed by atoms with Gasteiger partial charge in [0.2, 0.25) is 16.3 Å². The third-order valence-corrected chi connectivity index (χ3v) is 2.13. The average molecular weight is 136 g/mol. The van der Waals surface area contributed by atoms with Crippen molar-refractivity contribution >= 4 is 16.3 Å². The number of hydrogen-bond donors (Lipinski definition) is 0. The Bertz CT molecular complexity index is 172. The highest BCUT2D eigenvalue weighted by molar-refractivity contribution is 6.12. The predicted molar refractivity (Wildman–Crippen MR) is 45.5 cm³/mol. The molecule has 1 aromatic carbocycles. The summed E-state index contributed by atoms with van der Waals surface area (Å²) in [5.41, 5.74) is 1.48. The maximum atomic E-state index is 2.27. The van der Waals surface area contributed by atoms with Gasteiger partial charge in [0.25, 0.3) is 0 Å². The van der Waals surface area contributed by atoms with Gasteiger partial charge in [-0.05, 0) is 0 Å². The predicted octanol–water partition coefficient (Wildman–Crippen LogP) is 1.63. The van der Waals surface area contributed by atoms with Gasteiger partial charge >= 0.3 is 0 Å². The van der Waals surface area contributed by atoms with Crippen LogP contribution in [0.25, 0.3) is 0 Å². The molecular formula is C8H13Al. The minimum atomic E-state index is 0. The Morgan fingerprint density at radius 2 is 1.89 bits per heavy atom. The summed E-state index contributed by atoms with van der Waals surface area (Å²) in [7, 11) is 0. The molecule has 0 spiro atoms. The lowest BCUT2D eigenvalue weighted by atomic mass is 10.2. The summed E-state index contributed by atoms with van der Waals surface area (Å²) >= 11 is 1.26. The zero-order valence-corrected chi connectivity index (χ0v) is 7.96. The monoisotopic (exact) mass is 136 g/mol. The Hall–Kier alpha value is -0.248. The van der Waals surface area contributed by atoms with E-state index in [9.17, 15) is 0 Å². The summed E-state index contributed by atoms with van der Waals surface area (Å²) in [6, 6.07) is 10.6. The molecule has 1 rings (SSSR count). The number of rotatable bonds is 1. The zero-order chi connectivity index (χ0) is 6.69. The molecule has 1 unspecified atom stereocenters. The van der Waals surface area contributed by atoms with Gasteiger partial charge in [-0.3, -0.25) is 0 Å². The van der Waals surface area contributed by atoms with Crippen molar-refractivity contribution in [2.45, 2.75) is 11.7 Å². The van der Waals surface area contributed by atoms with Gasteiger partial charge in [0, 0.05) is 1.43 Å². The Morgan fingerprint density at radius 3 is 2.22 bits per heavy atom. The molecule has 1 aromatic rings. The van der Waals surface area contributed by atoms with Crippen molar-refractivity contribution in [3.63, 3.8) is 0 Å². The molecule has 0 heterocycles. The van der Waals surface area contributed by atoms with E-state index in [4.69, 9.17) is 0 Å². The van der Waals surface area contributed by atoms with Gasteiger partial charge < -0.3 is 0 Å². The van der Waals surface area contributed by atoms with Crippen LogP contribution in [0.3, 0.4) is 0 Å². The second kappa shape index (κ2) is 3.06. The molecule has 0 radical (unpaired) electrons. The molecule has 0 aliphatic heterocycles. The fourth-order valence-electron chi connectivity index (χ4n) is 0.838. The van der Waals surface area contributed by atoms with Crippen molar-refractivity contribution in [3.05, 3.63) is 35.9 Å². The molecule has 0 aromatic heterocycles. The third kappa shape index (κ3) is 1.86. The highest BCUT2D eigenvalue weighted by atomic mass is 27.0. The van der Waals surface area contributed by atoms with Gasteiger partial charge in [-0.2, -0.15) is 0 Å². The highest BCUT2D eigenvalue weighted by Crippen LogP contribution is 2.08. The second-order valence-corrected chi connectivity index (χ2v) is 4.30. The lowest BCUT2D eigenvalue weighted by molar-refractivity contribution is 1.08. The first-order chi connectivity index (χ1) is 4.30. The molecule has 9 heavy (non-hydrogen) atoms. The molecule has 0 fully saturated rings. The molecule has 0 N–H and O–H groups in total. The number of benzene rings is 1. The number of hydrogen-bond acceptors (Lipinski definition) is 0. The first-order valence-corrected chi connectivity index (χ1v) is 4.51. The Labute approximate surface area is 65.8 Å². The molecular weight excluding hydrogens is 123 g/mol. The van der Waals surface area contributed by atoms with E-state index in [1.165, 1.54) is 21.9 Å².